The molecule has 134 valence electrons. The highest BCUT2D eigenvalue weighted by atomic mass is 16.5. The first-order chi connectivity index (χ1) is 12.1. The molecule has 0 aliphatic carbocycles. The van der Waals surface area contributed by atoms with Crippen molar-refractivity contribution in [2.24, 2.45) is 0 Å². The van der Waals surface area contributed by atoms with E-state index in [2.05, 4.69) is 4.98 Å². The van der Waals surface area contributed by atoms with Crippen LogP contribution in [0.25, 0.3) is 0 Å². The standard InChI is InChI=1S/C18H23N3O4/c1-24-14-9-13(10-15(11-14)25-2)18(23)20-6-3-16(17(22)4-7-20)21-8-5-19-12-21/h5,8-12,16-17,22H,3-4,6-7H2,1-2H3/t16-,17-/m0/s1. The van der Waals surface area contributed by atoms with Crippen molar-refractivity contribution in [2.45, 2.75) is 25.0 Å². The molecule has 1 aromatic carbocycles. The van der Waals surface area contributed by atoms with Gasteiger partial charge in [-0.3, -0.25) is 4.79 Å². The van der Waals surface area contributed by atoms with E-state index in [1.807, 2.05) is 10.8 Å². The molecule has 25 heavy (non-hydrogen) atoms. The number of methoxy groups -OCH3 is 2. The van der Waals surface area contributed by atoms with Crippen LogP contribution >= 0.6 is 0 Å². The minimum absolute atomic E-state index is 0.0693. The molecule has 1 saturated heterocycles. The van der Waals surface area contributed by atoms with E-state index in [-0.39, 0.29) is 11.9 Å². The number of carbonyl (C=O) groups is 1. The van der Waals surface area contributed by atoms with E-state index in [4.69, 9.17) is 9.47 Å². The molecule has 7 heteroatoms. The van der Waals surface area contributed by atoms with Crippen molar-refractivity contribution in [3.63, 3.8) is 0 Å². The summed E-state index contributed by atoms with van der Waals surface area (Å²) in [6, 6.07) is 5.08. The van der Waals surface area contributed by atoms with Crippen molar-refractivity contribution in [1.82, 2.24) is 14.5 Å². The first-order valence-corrected chi connectivity index (χ1v) is 8.30. The normalized spacial score (nSPS) is 20.8. The van der Waals surface area contributed by atoms with Crippen molar-refractivity contribution in [3.05, 3.63) is 42.5 Å². The topological polar surface area (TPSA) is 76.8 Å². The van der Waals surface area contributed by atoms with E-state index in [1.165, 1.54) is 0 Å². The molecule has 3 rings (SSSR count). The Kier molecular flexibility index (Phi) is 5.23. The Bertz CT molecular complexity index is 695. The molecule has 1 aliphatic rings. The van der Waals surface area contributed by atoms with Crippen molar-refractivity contribution in [3.8, 4) is 11.5 Å². The number of likely N-dealkylation sites (tertiary alicyclic amines) is 1. The summed E-state index contributed by atoms with van der Waals surface area (Å²) in [4.78, 5) is 18.7. The lowest BCUT2D eigenvalue weighted by molar-refractivity contribution is 0.0751. The summed E-state index contributed by atoms with van der Waals surface area (Å²) in [5, 5.41) is 10.4. The molecule has 0 saturated carbocycles. The van der Waals surface area contributed by atoms with Crippen LogP contribution in [0, 0.1) is 0 Å². The van der Waals surface area contributed by atoms with E-state index in [0.29, 0.717) is 43.0 Å². The van der Waals surface area contributed by atoms with Crippen molar-refractivity contribution < 1.29 is 19.4 Å². The molecule has 1 aliphatic heterocycles. The lowest BCUT2D eigenvalue weighted by Crippen LogP contribution is -2.32. The van der Waals surface area contributed by atoms with Gasteiger partial charge in [0.05, 0.1) is 32.7 Å². The number of aromatic nitrogens is 2. The summed E-state index contributed by atoms with van der Waals surface area (Å²) in [6.07, 6.45) is 5.94. The Morgan fingerprint density at radius 2 is 1.84 bits per heavy atom. The highest BCUT2D eigenvalue weighted by Gasteiger charge is 2.28. The maximum Gasteiger partial charge on any atom is 0.254 e. The Balaban J connectivity index is 1.77. The van der Waals surface area contributed by atoms with Crippen LogP contribution in [-0.4, -0.2) is 58.9 Å². The van der Waals surface area contributed by atoms with E-state index in [1.54, 1.807) is 49.8 Å². The lowest BCUT2D eigenvalue weighted by Gasteiger charge is -2.21. The van der Waals surface area contributed by atoms with Gasteiger partial charge in [0.1, 0.15) is 11.5 Å². The van der Waals surface area contributed by atoms with E-state index in [9.17, 15) is 9.90 Å². The van der Waals surface area contributed by atoms with Crippen molar-refractivity contribution >= 4 is 5.91 Å². The Hall–Kier alpha value is -2.54. The summed E-state index contributed by atoms with van der Waals surface area (Å²) in [7, 11) is 3.11. The predicted octanol–water partition coefficient (Wildman–Crippen LogP) is 1.74. The van der Waals surface area contributed by atoms with Crippen molar-refractivity contribution in [1.29, 1.82) is 0 Å². The number of hydrogen-bond acceptors (Lipinski definition) is 5. The zero-order valence-corrected chi connectivity index (χ0v) is 14.5. The summed E-state index contributed by atoms with van der Waals surface area (Å²) >= 11 is 0. The molecule has 1 amide bonds. The van der Waals surface area contributed by atoms with Crippen molar-refractivity contribution in [2.75, 3.05) is 27.3 Å². The van der Waals surface area contributed by atoms with Gasteiger partial charge in [-0.15, -0.1) is 0 Å². The van der Waals surface area contributed by atoms with Crippen LogP contribution in [0.5, 0.6) is 11.5 Å². The van der Waals surface area contributed by atoms with Crippen LogP contribution < -0.4 is 9.47 Å². The second-order valence-electron chi connectivity index (χ2n) is 6.12. The van der Waals surface area contributed by atoms with Crippen LogP contribution in [0.1, 0.15) is 29.2 Å². The fraction of sp³-hybridized carbons (Fsp3) is 0.444. The van der Waals surface area contributed by atoms with Gasteiger partial charge >= 0.3 is 0 Å². The molecular weight excluding hydrogens is 322 g/mol. The Labute approximate surface area is 146 Å². The lowest BCUT2D eigenvalue weighted by atomic mass is 10.1. The van der Waals surface area contributed by atoms with Crippen LogP contribution in [0.4, 0.5) is 0 Å². The second-order valence-corrected chi connectivity index (χ2v) is 6.12. The van der Waals surface area contributed by atoms with Gasteiger partial charge in [-0.1, -0.05) is 0 Å². The summed E-state index contributed by atoms with van der Waals surface area (Å²) in [5.41, 5.74) is 0.520. The quantitative estimate of drug-likeness (QED) is 0.913. The van der Waals surface area contributed by atoms with Gasteiger partial charge < -0.3 is 24.0 Å². The molecular formula is C18H23N3O4. The number of amides is 1. The molecule has 0 bridgehead atoms. The number of nitrogens with zero attached hydrogens (tertiary/aromatic N) is 3. The molecule has 2 heterocycles. The molecule has 0 spiro atoms. The average molecular weight is 345 g/mol. The number of ether oxygens (including phenoxy) is 2. The second kappa shape index (κ2) is 7.57. The third-order valence-corrected chi connectivity index (χ3v) is 4.63. The predicted molar refractivity (Wildman–Crippen MR) is 92.0 cm³/mol. The summed E-state index contributed by atoms with van der Waals surface area (Å²) < 4.78 is 12.4. The highest BCUT2D eigenvalue weighted by molar-refractivity contribution is 5.95. The van der Waals surface area contributed by atoms with Gasteiger partial charge in [-0.2, -0.15) is 0 Å². The molecule has 7 nitrogen and oxygen atoms in total. The fourth-order valence-electron chi connectivity index (χ4n) is 3.20. The summed E-state index contributed by atoms with van der Waals surface area (Å²) in [5.74, 6) is 1.07. The maximum absolute atomic E-state index is 12.9. The van der Waals surface area contributed by atoms with E-state index >= 15 is 0 Å². The SMILES string of the molecule is COc1cc(OC)cc(C(=O)N2CC[C@H](O)[C@@H](n3ccnc3)CC2)c1. The van der Waals surface area contributed by atoms with Gasteiger partial charge in [-0.05, 0) is 25.0 Å². The highest BCUT2D eigenvalue weighted by Crippen LogP contribution is 2.26. The maximum atomic E-state index is 12.9. The molecule has 2 atom stereocenters. The van der Waals surface area contributed by atoms with Crippen LogP contribution in [0.3, 0.4) is 0 Å². The Morgan fingerprint density at radius 1 is 1.16 bits per heavy atom. The van der Waals surface area contributed by atoms with Crippen LogP contribution in [0.15, 0.2) is 36.9 Å². The monoisotopic (exact) mass is 345 g/mol. The van der Waals surface area contributed by atoms with E-state index < -0.39 is 6.10 Å². The van der Waals surface area contributed by atoms with Gasteiger partial charge in [0, 0.05) is 37.1 Å². The van der Waals surface area contributed by atoms with Gasteiger partial charge in [0.25, 0.3) is 5.91 Å². The third kappa shape index (κ3) is 3.76. The molecule has 0 unspecified atom stereocenters. The zero-order chi connectivity index (χ0) is 17.8. The average Bonchev–Trinajstić information content (AvgIpc) is 3.10. The minimum atomic E-state index is -0.508. The minimum Gasteiger partial charge on any atom is -0.497 e. The third-order valence-electron chi connectivity index (χ3n) is 4.63. The Morgan fingerprint density at radius 3 is 2.44 bits per heavy atom. The van der Waals surface area contributed by atoms with Crippen LogP contribution in [0.2, 0.25) is 0 Å². The zero-order valence-electron chi connectivity index (χ0n) is 14.5. The molecule has 2 aromatic rings. The number of aliphatic hydroxyl groups excluding tert-OH is 1. The molecule has 1 fully saturated rings. The first kappa shape index (κ1) is 17.3. The smallest absolute Gasteiger partial charge is 0.254 e. The first-order valence-electron chi connectivity index (χ1n) is 8.30. The molecule has 1 aromatic heterocycles. The summed E-state index contributed by atoms with van der Waals surface area (Å²) in [6.45, 7) is 1.07. The van der Waals surface area contributed by atoms with Gasteiger partial charge in [0.2, 0.25) is 0 Å². The number of rotatable bonds is 4. The molecule has 0 radical (unpaired) electrons. The fourth-order valence-corrected chi connectivity index (χ4v) is 3.20. The number of carbonyl (C=O) groups excluding carboxylic acids is 1. The molecule has 1 N–H and O–H groups in total. The van der Waals surface area contributed by atoms with Gasteiger partial charge in [0.15, 0.2) is 0 Å². The number of benzene rings is 1. The van der Waals surface area contributed by atoms with Gasteiger partial charge in [-0.25, -0.2) is 4.98 Å². The number of hydrogen-bond donors (Lipinski definition) is 1. The van der Waals surface area contributed by atoms with E-state index in [0.717, 1.165) is 0 Å². The van der Waals surface area contributed by atoms with Crippen LogP contribution in [-0.2, 0) is 0 Å². The number of imidazole rings is 1. The largest absolute Gasteiger partial charge is 0.497 e. The number of aliphatic hydroxyl groups is 1.